The number of halogens is 3. The lowest BCUT2D eigenvalue weighted by atomic mass is 10.1. The predicted octanol–water partition coefficient (Wildman–Crippen LogP) is 4.23. The van der Waals surface area contributed by atoms with Gasteiger partial charge in [0.05, 0.1) is 23.5 Å². The number of nitrogens with one attached hydrogen (secondary N) is 2. The number of hydrogen-bond donors (Lipinski definition) is 3. The highest BCUT2D eigenvalue weighted by Crippen LogP contribution is 2.28. The quantitative estimate of drug-likeness (QED) is 0.494. The number of rotatable bonds is 7. The summed E-state index contributed by atoms with van der Waals surface area (Å²) >= 11 is 0. The summed E-state index contributed by atoms with van der Waals surface area (Å²) in [6, 6.07) is 6.00. The Morgan fingerprint density at radius 3 is 2.44 bits per heavy atom. The summed E-state index contributed by atoms with van der Waals surface area (Å²) in [7, 11) is 0. The highest BCUT2D eigenvalue weighted by atomic mass is 19.2. The van der Waals surface area contributed by atoms with Gasteiger partial charge in [0, 0.05) is 6.61 Å². The molecule has 0 saturated heterocycles. The Hall–Kier alpha value is -2.58. The Balaban J connectivity index is 0.00000176. The maximum atomic E-state index is 14.1. The molecule has 0 heterocycles. The third-order valence-corrected chi connectivity index (χ3v) is 3.29. The highest BCUT2D eigenvalue weighted by Gasteiger charge is 2.20. The van der Waals surface area contributed by atoms with Crippen LogP contribution in [0.15, 0.2) is 30.3 Å². The molecule has 0 bridgehead atoms. The van der Waals surface area contributed by atoms with E-state index < -0.39 is 29.0 Å². The van der Waals surface area contributed by atoms with Crippen molar-refractivity contribution in [1.29, 1.82) is 0 Å². The molecule has 0 atom stereocenters. The van der Waals surface area contributed by atoms with Crippen LogP contribution >= 0.6 is 0 Å². The van der Waals surface area contributed by atoms with Crippen molar-refractivity contribution in [3.05, 3.63) is 58.9 Å². The topological polar surface area (TPSA) is 70.6 Å². The lowest BCUT2D eigenvalue weighted by molar-refractivity contribution is 0.0262. The minimum absolute atomic E-state index is 0.0429. The molecule has 0 aliphatic rings. The van der Waals surface area contributed by atoms with E-state index in [0.29, 0.717) is 5.56 Å². The molecule has 0 fully saturated rings. The molecule has 148 valence electrons. The first kappa shape index (κ1) is 22.5. The van der Waals surface area contributed by atoms with Crippen LogP contribution in [0.1, 0.15) is 36.2 Å². The zero-order valence-corrected chi connectivity index (χ0v) is 15.4. The first-order valence-corrected chi connectivity index (χ1v) is 8.48. The smallest absolute Gasteiger partial charge is 0.277 e. The minimum Gasteiger partial charge on any atom is -0.396 e. The number of benzene rings is 2. The Kier molecular flexibility index (Phi) is 9.32. The number of carbonyl (C=O) groups excluding carboxylic acids is 1. The van der Waals surface area contributed by atoms with Crippen molar-refractivity contribution in [1.82, 2.24) is 5.48 Å². The number of carbonyl (C=O) groups is 1. The number of hydrogen-bond acceptors (Lipinski definition) is 4. The largest absolute Gasteiger partial charge is 0.396 e. The zero-order chi connectivity index (χ0) is 20.4. The molecule has 0 aliphatic heterocycles. The molecule has 1 amide bonds. The molecular formula is C19H23F3N2O3. The molecule has 0 unspecified atom stereocenters. The second-order valence-electron chi connectivity index (χ2n) is 5.25. The van der Waals surface area contributed by atoms with Crippen molar-refractivity contribution in [2.24, 2.45) is 0 Å². The number of hydroxylamine groups is 1. The van der Waals surface area contributed by atoms with Crippen LogP contribution in [0.4, 0.5) is 24.5 Å². The molecule has 2 rings (SSSR count). The fraction of sp³-hybridized carbons (Fsp3) is 0.316. The first-order chi connectivity index (χ1) is 12.9. The first-order valence-electron chi connectivity index (χ1n) is 8.48. The van der Waals surface area contributed by atoms with Crippen LogP contribution < -0.4 is 10.8 Å². The van der Waals surface area contributed by atoms with E-state index >= 15 is 0 Å². The van der Waals surface area contributed by atoms with Crippen molar-refractivity contribution in [3.8, 4) is 0 Å². The average molecular weight is 384 g/mol. The number of anilines is 2. The fourth-order valence-electron chi connectivity index (χ4n) is 2.03. The van der Waals surface area contributed by atoms with Crippen LogP contribution in [0.5, 0.6) is 0 Å². The minimum atomic E-state index is -1.32. The Labute approximate surface area is 156 Å². The third-order valence-electron chi connectivity index (χ3n) is 3.29. The summed E-state index contributed by atoms with van der Waals surface area (Å²) in [4.78, 5) is 16.9. The van der Waals surface area contributed by atoms with Gasteiger partial charge in [-0.05, 0) is 43.2 Å². The zero-order valence-electron chi connectivity index (χ0n) is 15.4. The van der Waals surface area contributed by atoms with E-state index in [2.05, 4.69) is 10.8 Å². The van der Waals surface area contributed by atoms with Gasteiger partial charge in [-0.3, -0.25) is 9.63 Å². The van der Waals surface area contributed by atoms with E-state index in [1.54, 1.807) is 13.0 Å². The van der Waals surface area contributed by atoms with Gasteiger partial charge in [0.1, 0.15) is 5.82 Å². The van der Waals surface area contributed by atoms with Crippen LogP contribution in [-0.2, 0) is 4.84 Å². The van der Waals surface area contributed by atoms with Gasteiger partial charge in [-0.1, -0.05) is 19.9 Å². The van der Waals surface area contributed by atoms with E-state index in [-0.39, 0.29) is 30.9 Å². The second-order valence-corrected chi connectivity index (χ2v) is 5.25. The monoisotopic (exact) mass is 384 g/mol. The van der Waals surface area contributed by atoms with E-state index in [1.807, 2.05) is 13.8 Å². The summed E-state index contributed by atoms with van der Waals surface area (Å²) in [5.74, 6) is -4.02. The SMILES string of the molecule is CC.Cc1ccc(Nc2c(C(=O)NOCCCO)ccc(F)c2F)c(F)c1. The van der Waals surface area contributed by atoms with Gasteiger partial charge >= 0.3 is 0 Å². The van der Waals surface area contributed by atoms with E-state index in [9.17, 15) is 18.0 Å². The Bertz CT molecular complexity index is 770. The van der Waals surface area contributed by atoms with Crippen molar-refractivity contribution in [3.63, 3.8) is 0 Å². The van der Waals surface area contributed by atoms with Crippen molar-refractivity contribution in [2.75, 3.05) is 18.5 Å². The lowest BCUT2D eigenvalue weighted by Gasteiger charge is -2.14. The van der Waals surface area contributed by atoms with Crippen molar-refractivity contribution >= 4 is 17.3 Å². The van der Waals surface area contributed by atoms with Gasteiger partial charge < -0.3 is 10.4 Å². The molecule has 0 spiro atoms. The summed E-state index contributed by atoms with van der Waals surface area (Å²) < 4.78 is 41.7. The lowest BCUT2D eigenvalue weighted by Crippen LogP contribution is -2.25. The van der Waals surface area contributed by atoms with Gasteiger partial charge in [-0.25, -0.2) is 18.7 Å². The van der Waals surface area contributed by atoms with Gasteiger partial charge in [-0.15, -0.1) is 0 Å². The van der Waals surface area contributed by atoms with Crippen LogP contribution in [0.25, 0.3) is 0 Å². The summed E-state index contributed by atoms with van der Waals surface area (Å²) in [5, 5.41) is 11.1. The third kappa shape index (κ3) is 6.26. The summed E-state index contributed by atoms with van der Waals surface area (Å²) in [6.07, 6.45) is 0.289. The molecule has 3 N–H and O–H groups in total. The number of aliphatic hydroxyl groups is 1. The summed E-state index contributed by atoms with van der Waals surface area (Å²) in [6.45, 7) is 5.60. The Morgan fingerprint density at radius 1 is 1.11 bits per heavy atom. The standard InChI is InChI=1S/C17H17F3N2O3.C2H6/c1-10-3-6-14(13(19)9-10)21-16-11(4-5-12(18)15(16)20)17(24)22-25-8-2-7-23;1-2/h3-6,9,21,23H,2,7-8H2,1H3,(H,22,24);1-2H3. The van der Waals surface area contributed by atoms with E-state index in [4.69, 9.17) is 9.94 Å². The predicted molar refractivity (Wildman–Crippen MR) is 97.2 cm³/mol. The Morgan fingerprint density at radius 2 is 1.81 bits per heavy atom. The highest BCUT2D eigenvalue weighted by molar-refractivity contribution is 5.99. The fourth-order valence-corrected chi connectivity index (χ4v) is 2.03. The molecule has 0 saturated carbocycles. The van der Waals surface area contributed by atoms with E-state index in [1.165, 1.54) is 12.1 Å². The molecule has 0 aliphatic carbocycles. The molecule has 8 heteroatoms. The molecule has 2 aromatic carbocycles. The van der Waals surface area contributed by atoms with Crippen LogP contribution in [-0.4, -0.2) is 24.2 Å². The van der Waals surface area contributed by atoms with Crippen LogP contribution in [0, 0.1) is 24.4 Å². The van der Waals surface area contributed by atoms with Crippen LogP contribution in [0.3, 0.4) is 0 Å². The average Bonchev–Trinajstić information content (AvgIpc) is 2.66. The molecule has 5 nitrogen and oxygen atoms in total. The number of aliphatic hydroxyl groups excluding tert-OH is 1. The second kappa shape index (κ2) is 11.2. The van der Waals surface area contributed by atoms with E-state index in [0.717, 1.165) is 12.1 Å². The summed E-state index contributed by atoms with van der Waals surface area (Å²) in [5.41, 5.74) is 1.83. The van der Waals surface area contributed by atoms with Crippen LogP contribution in [0.2, 0.25) is 0 Å². The normalized spacial score (nSPS) is 10.0. The molecular weight excluding hydrogens is 361 g/mol. The van der Waals surface area contributed by atoms with Crippen molar-refractivity contribution in [2.45, 2.75) is 27.2 Å². The molecule has 2 aromatic rings. The maximum absolute atomic E-state index is 14.1. The van der Waals surface area contributed by atoms with Gasteiger partial charge in [0.2, 0.25) is 0 Å². The number of aryl methyl sites for hydroxylation is 1. The van der Waals surface area contributed by atoms with Gasteiger partial charge in [0.15, 0.2) is 11.6 Å². The molecule has 0 radical (unpaired) electrons. The number of amides is 1. The molecule has 0 aromatic heterocycles. The van der Waals surface area contributed by atoms with Crippen molar-refractivity contribution < 1.29 is 27.9 Å². The molecule has 27 heavy (non-hydrogen) atoms. The van der Waals surface area contributed by atoms with Gasteiger partial charge in [-0.2, -0.15) is 0 Å². The van der Waals surface area contributed by atoms with Gasteiger partial charge in [0.25, 0.3) is 5.91 Å². The maximum Gasteiger partial charge on any atom is 0.277 e.